The molecule has 1 aromatic carbocycles. The number of benzene rings is 1. The Balaban J connectivity index is 1.82. The Morgan fingerprint density at radius 1 is 1.29 bits per heavy atom. The number of ether oxygens (including phenoxy) is 1. The summed E-state index contributed by atoms with van der Waals surface area (Å²) in [7, 11) is 0. The van der Waals surface area contributed by atoms with Crippen molar-refractivity contribution in [2.45, 2.75) is 25.3 Å². The van der Waals surface area contributed by atoms with E-state index in [1.165, 1.54) is 0 Å². The van der Waals surface area contributed by atoms with Gasteiger partial charge in [-0.1, -0.05) is 18.2 Å². The fourth-order valence-electron chi connectivity index (χ4n) is 1.80. The zero-order valence-corrected chi connectivity index (χ0v) is 9.18. The number of carbonyl (C=O) groups is 2. The second-order valence-corrected chi connectivity index (χ2v) is 3.93. The van der Waals surface area contributed by atoms with E-state index in [1.807, 2.05) is 12.1 Å². The van der Waals surface area contributed by atoms with Crippen molar-refractivity contribution in [3.8, 4) is 5.75 Å². The number of nitrogens with one attached hydrogen (secondary N) is 1. The number of hydrogen-bond acceptors (Lipinski definition) is 4. The Hall–Kier alpha value is -2.04. The van der Waals surface area contributed by atoms with Crippen molar-refractivity contribution in [3.63, 3.8) is 0 Å². The molecule has 1 aromatic rings. The van der Waals surface area contributed by atoms with E-state index in [0.29, 0.717) is 19.3 Å². The van der Waals surface area contributed by atoms with Crippen molar-refractivity contribution in [1.82, 2.24) is 5.32 Å². The summed E-state index contributed by atoms with van der Waals surface area (Å²) in [5.74, 6) is -0.266. The highest BCUT2D eigenvalue weighted by atomic mass is 16.6. The Kier molecular flexibility index (Phi) is 3.27. The predicted octanol–water partition coefficient (Wildman–Crippen LogP) is 1.35. The van der Waals surface area contributed by atoms with Gasteiger partial charge in [0.05, 0.1) is 0 Å². The number of amides is 1. The van der Waals surface area contributed by atoms with Crippen LogP contribution in [0.5, 0.6) is 5.75 Å². The smallest absolute Gasteiger partial charge is 0.415 e. The Labute approximate surface area is 98.4 Å². The van der Waals surface area contributed by atoms with Crippen molar-refractivity contribution in [3.05, 3.63) is 29.8 Å². The predicted molar refractivity (Wildman–Crippen MR) is 59.5 cm³/mol. The maximum absolute atomic E-state index is 11.1. The monoisotopic (exact) mass is 235 g/mol. The first-order chi connectivity index (χ1) is 8.16. The van der Waals surface area contributed by atoms with Gasteiger partial charge in [-0.05, 0) is 30.9 Å². The van der Waals surface area contributed by atoms with Crippen LogP contribution >= 0.6 is 0 Å². The van der Waals surface area contributed by atoms with Crippen molar-refractivity contribution in [1.29, 1.82) is 0 Å². The molecule has 1 atom stereocenters. The maximum Gasteiger partial charge on any atom is 0.415 e. The Morgan fingerprint density at radius 2 is 2.06 bits per heavy atom. The zero-order valence-electron chi connectivity index (χ0n) is 9.18. The summed E-state index contributed by atoms with van der Waals surface area (Å²) in [5.41, 5.74) is 0.838. The minimum absolute atomic E-state index is 0.255. The molecule has 2 rings (SSSR count). The number of esters is 1. The normalized spacial score (nSPS) is 18.9. The largest absolute Gasteiger partial charge is 0.508 e. The third-order valence-corrected chi connectivity index (χ3v) is 2.70. The topological polar surface area (TPSA) is 75.6 Å². The van der Waals surface area contributed by atoms with E-state index in [0.717, 1.165) is 5.56 Å². The first-order valence-electron chi connectivity index (χ1n) is 5.46. The second-order valence-electron chi connectivity index (χ2n) is 3.93. The van der Waals surface area contributed by atoms with E-state index in [4.69, 9.17) is 0 Å². The van der Waals surface area contributed by atoms with Crippen LogP contribution in [0.25, 0.3) is 0 Å². The van der Waals surface area contributed by atoms with Crippen molar-refractivity contribution in [2.24, 2.45) is 0 Å². The summed E-state index contributed by atoms with van der Waals surface area (Å²) < 4.78 is 4.36. The van der Waals surface area contributed by atoms with Crippen molar-refractivity contribution in [2.75, 3.05) is 0 Å². The summed E-state index contributed by atoms with van der Waals surface area (Å²) in [6.07, 6.45) is 1.19. The first-order valence-corrected chi connectivity index (χ1v) is 5.46. The van der Waals surface area contributed by atoms with Gasteiger partial charge in [-0.15, -0.1) is 0 Å². The van der Waals surface area contributed by atoms with Crippen LogP contribution in [-0.2, 0) is 16.0 Å². The average Bonchev–Trinajstić information content (AvgIpc) is 2.60. The van der Waals surface area contributed by atoms with Crippen molar-refractivity contribution < 1.29 is 19.4 Å². The van der Waals surface area contributed by atoms with E-state index in [2.05, 4.69) is 10.1 Å². The minimum atomic E-state index is -0.678. The molecule has 1 amide bonds. The summed E-state index contributed by atoms with van der Waals surface area (Å²) in [6.45, 7) is 0. The summed E-state index contributed by atoms with van der Waals surface area (Å²) in [4.78, 5) is 21.9. The zero-order chi connectivity index (χ0) is 12.3. The molecule has 0 spiro atoms. The molecule has 17 heavy (non-hydrogen) atoms. The highest BCUT2D eigenvalue weighted by Gasteiger charge is 2.31. The molecule has 5 nitrogen and oxygen atoms in total. The van der Waals surface area contributed by atoms with Crippen molar-refractivity contribution >= 4 is 12.1 Å². The van der Waals surface area contributed by atoms with Gasteiger partial charge < -0.3 is 15.2 Å². The van der Waals surface area contributed by atoms with Crippen LogP contribution in [0.1, 0.15) is 18.4 Å². The summed E-state index contributed by atoms with van der Waals surface area (Å²) in [6, 6.07) is 6.52. The molecule has 1 saturated heterocycles. The minimum Gasteiger partial charge on any atom is -0.508 e. The molecule has 0 saturated carbocycles. The number of aryl methyl sites for hydroxylation is 1. The number of alkyl carbamates (subject to hydrolysis) is 1. The van der Waals surface area contributed by atoms with Crippen LogP contribution in [-0.4, -0.2) is 23.2 Å². The lowest BCUT2D eigenvalue weighted by atomic mass is 10.0. The van der Waals surface area contributed by atoms with Crippen LogP contribution in [0.4, 0.5) is 4.79 Å². The van der Waals surface area contributed by atoms with Gasteiger partial charge in [-0.3, -0.25) is 0 Å². The van der Waals surface area contributed by atoms with Gasteiger partial charge >= 0.3 is 12.1 Å². The van der Waals surface area contributed by atoms with Crippen LogP contribution in [0.2, 0.25) is 0 Å². The van der Waals surface area contributed by atoms with Crippen LogP contribution in [0, 0.1) is 0 Å². The van der Waals surface area contributed by atoms with Crippen LogP contribution < -0.4 is 5.32 Å². The Morgan fingerprint density at radius 3 is 2.71 bits per heavy atom. The molecule has 5 heteroatoms. The SMILES string of the molecule is O=C1NC(CCCc2ccccc2O)C(=O)O1. The molecule has 1 unspecified atom stereocenters. The maximum atomic E-state index is 11.1. The lowest BCUT2D eigenvalue weighted by Gasteiger charge is -2.06. The van der Waals surface area contributed by atoms with Gasteiger partial charge in [-0.2, -0.15) is 0 Å². The number of carbonyl (C=O) groups excluding carboxylic acids is 2. The van der Waals surface area contributed by atoms with Crippen LogP contribution in [0.15, 0.2) is 24.3 Å². The van der Waals surface area contributed by atoms with Gasteiger partial charge in [0.15, 0.2) is 0 Å². The molecule has 0 aliphatic carbocycles. The van der Waals surface area contributed by atoms with Gasteiger partial charge in [0.2, 0.25) is 0 Å². The number of aromatic hydroxyl groups is 1. The number of para-hydroxylation sites is 1. The molecule has 0 radical (unpaired) electrons. The van der Waals surface area contributed by atoms with E-state index in [1.54, 1.807) is 12.1 Å². The highest BCUT2D eigenvalue weighted by molar-refractivity contribution is 5.95. The van der Waals surface area contributed by atoms with E-state index < -0.39 is 18.1 Å². The number of hydrogen-bond donors (Lipinski definition) is 2. The number of rotatable bonds is 4. The molecule has 1 aliphatic rings. The summed E-state index contributed by atoms with van der Waals surface area (Å²) >= 11 is 0. The molecule has 2 N–H and O–H groups in total. The van der Waals surface area contributed by atoms with Crippen LogP contribution in [0.3, 0.4) is 0 Å². The standard InChI is InChI=1S/C12H13NO4/c14-10-7-2-1-4-8(10)5-3-6-9-11(15)17-12(16)13-9/h1-2,4,7,9,14H,3,5-6H2,(H,13,16). The quantitative estimate of drug-likeness (QED) is 0.610. The fourth-order valence-corrected chi connectivity index (χ4v) is 1.80. The highest BCUT2D eigenvalue weighted by Crippen LogP contribution is 2.19. The molecule has 0 aromatic heterocycles. The van der Waals surface area contributed by atoms with E-state index in [-0.39, 0.29) is 5.75 Å². The van der Waals surface area contributed by atoms with Gasteiger partial charge in [0.25, 0.3) is 0 Å². The number of phenols is 1. The number of phenolic OH excluding ortho intramolecular Hbond substituents is 1. The van der Waals surface area contributed by atoms with E-state index in [9.17, 15) is 14.7 Å². The van der Waals surface area contributed by atoms with Gasteiger partial charge in [0, 0.05) is 0 Å². The second kappa shape index (κ2) is 4.86. The average molecular weight is 235 g/mol. The molecule has 0 bridgehead atoms. The third kappa shape index (κ3) is 2.75. The molecule has 1 heterocycles. The van der Waals surface area contributed by atoms with Gasteiger partial charge in [-0.25, -0.2) is 9.59 Å². The Bertz CT molecular complexity index is 444. The van der Waals surface area contributed by atoms with Gasteiger partial charge in [0.1, 0.15) is 11.8 Å². The molecule has 90 valence electrons. The lowest BCUT2D eigenvalue weighted by molar-refractivity contribution is -0.135. The number of cyclic esters (lactones) is 2. The lowest BCUT2D eigenvalue weighted by Crippen LogP contribution is -2.28. The molecular formula is C12H13NO4. The molecule has 1 fully saturated rings. The van der Waals surface area contributed by atoms with E-state index >= 15 is 0 Å². The summed E-state index contributed by atoms with van der Waals surface area (Å²) in [5, 5.41) is 12.0. The molecular weight excluding hydrogens is 222 g/mol. The third-order valence-electron chi connectivity index (χ3n) is 2.70. The fraction of sp³-hybridized carbons (Fsp3) is 0.333. The first kappa shape index (κ1) is 11.4. The molecule has 1 aliphatic heterocycles.